The summed E-state index contributed by atoms with van der Waals surface area (Å²) in [7, 11) is -5.08. The molecule has 1 aromatic carbocycles. The predicted octanol–water partition coefficient (Wildman–Crippen LogP) is 1.01. The van der Waals surface area contributed by atoms with Crippen molar-refractivity contribution in [2.75, 3.05) is 0 Å². The third-order valence-electron chi connectivity index (χ3n) is 3.09. The first-order valence-corrected chi connectivity index (χ1v) is 8.45. The molecule has 0 saturated heterocycles. The van der Waals surface area contributed by atoms with E-state index in [-0.39, 0.29) is 6.42 Å². The zero-order valence-corrected chi connectivity index (χ0v) is 13.6. The average molecular weight is 362 g/mol. The molecule has 0 radical (unpaired) electrons. The van der Waals surface area contributed by atoms with Crippen molar-refractivity contribution >= 4 is 22.1 Å². The second kappa shape index (κ2) is 7.71. The van der Waals surface area contributed by atoms with Crippen molar-refractivity contribution in [2.45, 2.75) is 43.5 Å². The van der Waals surface area contributed by atoms with Crippen LogP contribution in [0, 0.1) is 0 Å². The Bertz CT molecular complexity index is 722. The second-order valence-corrected chi connectivity index (χ2v) is 6.41. The fraction of sp³-hybridized carbons (Fsp3) is 0.429. The number of aliphatic hydroxyl groups is 2. The highest BCUT2D eigenvalue weighted by Crippen LogP contribution is 2.24. The molecule has 0 fully saturated rings. The van der Waals surface area contributed by atoms with Crippen LogP contribution in [0.5, 0.6) is 0 Å². The highest BCUT2D eigenvalue weighted by atomic mass is 32.2. The normalized spacial score (nSPS) is 12.0. The molecule has 0 bridgehead atoms. The molecule has 4 N–H and O–H groups in total. The van der Waals surface area contributed by atoms with Crippen LogP contribution in [0.4, 0.5) is 0 Å². The van der Waals surface area contributed by atoms with Gasteiger partial charge in [-0.15, -0.1) is 0 Å². The summed E-state index contributed by atoms with van der Waals surface area (Å²) in [6, 6.07) is 2.82. The number of benzene rings is 1. The molecule has 0 aliphatic carbocycles. The predicted molar refractivity (Wildman–Crippen MR) is 79.9 cm³/mol. The molecule has 0 amide bonds. The van der Waals surface area contributed by atoms with Crippen LogP contribution in [0.3, 0.4) is 0 Å². The van der Waals surface area contributed by atoms with Crippen LogP contribution in [-0.2, 0) is 14.9 Å². The van der Waals surface area contributed by atoms with E-state index in [0.29, 0.717) is 12.8 Å². The number of carbonyl (C=O) groups excluding carboxylic acids is 1. The third-order valence-corrected chi connectivity index (χ3v) is 4.04. The lowest BCUT2D eigenvalue weighted by molar-refractivity contribution is -0.311. The van der Waals surface area contributed by atoms with E-state index < -0.39 is 44.1 Å². The van der Waals surface area contributed by atoms with E-state index in [1.165, 1.54) is 0 Å². The highest BCUT2D eigenvalue weighted by Gasteiger charge is 2.33. The van der Waals surface area contributed by atoms with Crippen molar-refractivity contribution in [1.29, 1.82) is 0 Å². The Labute approximate surface area is 138 Å². The van der Waals surface area contributed by atoms with Gasteiger partial charge in [-0.05, 0) is 18.6 Å². The Morgan fingerprint density at radius 3 is 2.25 bits per heavy atom. The van der Waals surface area contributed by atoms with Gasteiger partial charge >= 0.3 is 17.9 Å². The number of ether oxygens (including phenoxy) is 1. The molecule has 0 spiro atoms. The van der Waals surface area contributed by atoms with Crippen LogP contribution in [-0.4, -0.2) is 46.2 Å². The summed E-state index contributed by atoms with van der Waals surface area (Å²) in [6.07, 6.45) is 1.44. The van der Waals surface area contributed by atoms with Crippen LogP contribution < -0.4 is 0 Å². The maximum Gasteiger partial charge on any atom is 0.343 e. The molecule has 9 nitrogen and oxygen atoms in total. The third kappa shape index (κ3) is 5.27. The minimum absolute atomic E-state index is 0.313. The number of carboxylic acids is 1. The number of esters is 1. The number of unbranched alkanes of at least 4 members (excludes halogenated alkanes) is 2. The Kier molecular flexibility index (Phi) is 6.43. The van der Waals surface area contributed by atoms with Crippen molar-refractivity contribution in [2.24, 2.45) is 0 Å². The van der Waals surface area contributed by atoms with Crippen molar-refractivity contribution in [3.8, 4) is 0 Å². The smallest absolute Gasteiger partial charge is 0.343 e. The van der Waals surface area contributed by atoms with Crippen LogP contribution in [0.1, 0.15) is 53.3 Å². The van der Waals surface area contributed by atoms with Crippen molar-refractivity contribution in [1.82, 2.24) is 0 Å². The number of carboxylic acid groups (broad SMARTS) is 1. The SMILES string of the molecule is CCCCCC(O)(O)OC(=O)c1cccc(C(=O)O)c1S(=O)(=O)O. The summed E-state index contributed by atoms with van der Waals surface area (Å²) < 4.78 is 36.5. The molecule has 24 heavy (non-hydrogen) atoms. The summed E-state index contributed by atoms with van der Waals surface area (Å²) in [5.74, 6) is -6.03. The minimum atomic E-state index is -5.08. The largest absolute Gasteiger partial charge is 0.478 e. The Balaban J connectivity index is 3.20. The van der Waals surface area contributed by atoms with E-state index in [0.717, 1.165) is 24.6 Å². The number of hydrogen-bond donors (Lipinski definition) is 4. The molecule has 1 rings (SSSR count). The van der Waals surface area contributed by atoms with E-state index in [2.05, 4.69) is 4.74 Å². The van der Waals surface area contributed by atoms with Crippen LogP contribution in [0.25, 0.3) is 0 Å². The molecule has 0 aromatic heterocycles. The minimum Gasteiger partial charge on any atom is -0.478 e. The lowest BCUT2D eigenvalue weighted by Gasteiger charge is -2.22. The molecular weight excluding hydrogens is 344 g/mol. The lowest BCUT2D eigenvalue weighted by Crippen LogP contribution is -2.35. The van der Waals surface area contributed by atoms with Crippen molar-refractivity contribution < 1.29 is 42.6 Å². The molecule has 0 saturated carbocycles. The van der Waals surface area contributed by atoms with E-state index in [1.807, 2.05) is 6.92 Å². The Morgan fingerprint density at radius 1 is 1.17 bits per heavy atom. The van der Waals surface area contributed by atoms with Gasteiger partial charge in [0.1, 0.15) is 4.90 Å². The first-order chi connectivity index (χ1) is 11.0. The maximum atomic E-state index is 12.0. The Morgan fingerprint density at radius 2 is 1.75 bits per heavy atom. The maximum absolute atomic E-state index is 12.0. The summed E-state index contributed by atoms with van der Waals surface area (Å²) >= 11 is 0. The zero-order chi connectivity index (χ0) is 18.5. The molecular formula is C14H18O9S. The summed E-state index contributed by atoms with van der Waals surface area (Å²) in [5.41, 5.74) is -1.67. The van der Waals surface area contributed by atoms with Gasteiger partial charge in [-0.2, -0.15) is 8.42 Å². The van der Waals surface area contributed by atoms with Gasteiger partial charge in [0.05, 0.1) is 11.1 Å². The van der Waals surface area contributed by atoms with Crippen LogP contribution in [0.15, 0.2) is 23.1 Å². The summed E-state index contributed by atoms with van der Waals surface area (Å²) in [5, 5.41) is 28.2. The summed E-state index contributed by atoms with van der Waals surface area (Å²) in [4.78, 5) is 21.9. The van der Waals surface area contributed by atoms with Gasteiger partial charge in [0.2, 0.25) is 0 Å². The number of aromatic carboxylic acids is 1. The average Bonchev–Trinajstić information content (AvgIpc) is 2.45. The van der Waals surface area contributed by atoms with E-state index >= 15 is 0 Å². The van der Waals surface area contributed by atoms with Gasteiger partial charge < -0.3 is 20.1 Å². The fourth-order valence-electron chi connectivity index (χ4n) is 2.00. The monoisotopic (exact) mass is 362 g/mol. The number of carbonyl (C=O) groups is 2. The fourth-order valence-corrected chi connectivity index (χ4v) is 2.87. The van der Waals surface area contributed by atoms with E-state index in [4.69, 9.17) is 5.11 Å². The van der Waals surface area contributed by atoms with Gasteiger partial charge in [0, 0.05) is 6.42 Å². The van der Waals surface area contributed by atoms with Gasteiger partial charge in [0.25, 0.3) is 10.1 Å². The molecule has 10 heteroatoms. The number of hydrogen-bond acceptors (Lipinski definition) is 7. The topological polar surface area (TPSA) is 158 Å². The molecule has 0 aliphatic rings. The second-order valence-electron chi connectivity index (χ2n) is 5.05. The molecule has 0 heterocycles. The molecule has 0 atom stereocenters. The van der Waals surface area contributed by atoms with Crippen molar-refractivity contribution in [3.05, 3.63) is 29.3 Å². The van der Waals surface area contributed by atoms with Crippen LogP contribution in [0.2, 0.25) is 0 Å². The zero-order valence-electron chi connectivity index (χ0n) is 12.8. The van der Waals surface area contributed by atoms with Gasteiger partial charge in [-0.1, -0.05) is 25.8 Å². The summed E-state index contributed by atoms with van der Waals surface area (Å²) in [6.45, 7) is 1.87. The first-order valence-electron chi connectivity index (χ1n) is 7.01. The molecule has 1 aromatic rings. The number of rotatable bonds is 8. The lowest BCUT2D eigenvalue weighted by atomic mass is 10.1. The van der Waals surface area contributed by atoms with Crippen molar-refractivity contribution in [3.63, 3.8) is 0 Å². The van der Waals surface area contributed by atoms with Crippen LogP contribution >= 0.6 is 0 Å². The first kappa shape index (κ1) is 20.0. The standard InChI is InChI=1S/C14H18O9S/c1-2-3-4-8-14(18,19)23-13(17)10-7-5-6-9(12(15)16)11(10)24(20,21)22/h5-7,18-19H,2-4,8H2,1H3,(H,15,16)(H,20,21,22). The van der Waals surface area contributed by atoms with Gasteiger partial charge in [0.15, 0.2) is 0 Å². The molecule has 0 unspecified atom stereocenters. The molecule has 134 valence electrons. The highest BCUT2D eigenvalue weighted by molar-refractivity contribution is 7.86. The quantitative estimate of drug-likeness (QED) is 0.229. The van der Waals surface area contributed by atoms with E-state index in [9.17, 15) is 32.8 Å². The van der Waals surface area contributed by atoms with E-state index in [1.54, 1.807) is 0 Å². The van der Waals surface area contributed by atoms with Gasteiger partial charge in [-0.3, -0.25) is 4.55 Å². The Hall–Kier alpha value is -2.01. The molecule has 0 aliphatic heterocycles. The van der Waals surface area contributed by atoms with Gasteiger partial charge in [-0.25, -0.2) is 9.59 Å².